The second kappa shape index (κ2) is 8.10. The normalized spacial score (nSPS) is 10.7. The highest BCUT2D eigenvalue weighted by atomic mass is 16.2. The summed E-state index contributed by atoms with van der Waals surface area (Å²) in [7, 11) is 3.51. The minimum absolute atomic E-state index is 0.00466. The van der Waals surface area contributed by atoms with Crippen molar-refractivity contribution in [2.75, 3.05) is 14.1 Å². The third kappa shape index (κ3) is 4.24. The fourth-order valence-electron chi connectivity index (χ4n) is 3.20. The van der Waals surface area contributed by atoms with Crippen LogP contribution in [0, 0.1) is 0 Å². The Labute approximate surface area is 170 Å². The molecule has 0 spiro atoms. The fourth-order valence-corrected chi connectivity index (χ4v) is 3.20. The van der Waals surface area contributed by atoms with E-state index < -0.39 is 0 Å². The van der Waals surface area contributed by atoms with Crippen molar-refractivity contribution in [2.24, 2.45) is 0 Å². The standard InChI is InChI=1S/C24H22N4O/c1-27(2)24(29)20-8-6-19(7-9-20)21-4-3-5-22(16-21)23-12-15-28(26-23)17-18-10-13-25-14-11-18/h3-16H,17H2,1-2H3. The molecule has 0 saturated carbocycles. The Balaban J connectivity index is 1.56. The first-order valence-corrected chi connectivity index (χ1v) is 9.45. The number of carbonyl (C=O) groups is 1. The van der Waals surface area contributed by atoms with Crippen molar-refractivity contribution >= 4 is 5.91 Å². The summed E-state index contributed by atoms with van der Waals surface area (Å²) in [6.07, 6.45) is 5.57. The summed E-state index contributed by atoms with van der Waals surface area (Å²) in [6, 6.07) is 22.0. The van der Waals surface area contributed by atoms with Crippen LogP contribution in [0.3, 0.4) is 0 Å². The van der Waals surface area contributed by atoms with Crippen molar-refractivity contribution in [1.29, 1.82) is 0 Å². The summed E-state index contributed by atoms with van der Waals surface area (Å²) in [4.78, 5) is 17.7. The van der Waals surface area contributed by atoms with Gasteiger partial charge in [0.15, 0.2) is 0 Å². The molecule has 29 heavy (non-hydrogen) atoms. The number of benzene rings is 2. The molecule has 0 radical (unpaired) electrons. The molecule has 2 aromatic carbocycles. The summed E-state index contributed by atoms with van der Waals surface area (Å²) >= 11 is 0. The fraction of sp³-hybridized carbons (Fsp3) is 0.125. The number of hydrogen-bond acceptors (Lipinski definition) is 3. The van der Waals surface area contributed by atoms with E-state index in [4.69, 9.17) is 5.10 Å². The van der Waals surface area contributed by atoms with Crippen LogP contribution in [0.25, 0.3) is 22.4 Å². The molecule has 0 saturated heterocycles. The van der Waals surface area contributed by atoms with Gasteiger partial charge < -0.3 is 4.90 Å². The molecule has 0 unspecified atom stereocenters. The lowest BCUT2D eigenvalue weighted by Gasteiger charge is -2.11. The zero-order valence-corrected chi connectivity index (χ0v) is 16.5. The molecule has 5 heteroatoms. The van der Waals surface area contributed by atoms with E-state index in [1.54, 1.807) is 31.4 Å². The Bertz CT molecular complexity index is 1120. The van der Waals surface area contributed by atoms with E-state index in [1.807, 2.05) is 59.4 Å². The molecule has 0 fully saturated rings. The largest absolute Gasteiger partial charge is 0.345 e. The highest BCUT2D eigenvalue weighted by Gasteiger charge is 2.09. The first-order chi connectivity index (χ1) is 14.1. The van der Waals surface area contributed by atoms with Gasteiger partial charge in [0, 0.05) is 43.8 Å². The highest BCUT2D eigenvalue weighted by Crippen LogP contribution is 2.26. The first-order valence-electron chi connectivity index (χ1n) is 9.45. The maximum Gasteiger partial charge on any atom is 0.253 e. The Kier molecular flexibility index (Phi) is 5.20. The first kappa shape index (κ1) is 18.6. The lowest BCUT2D eigenvalue weighted by molar-refractivity contribution is 0.0827. The summed E-state index contributed by atoms with van der Waals surface area (Å²) in [5.41, 5.74) is 6.00. The van der Waals surface area contributed by atoms with Gasteiger partial charge in [-0.3, -0.25) is 14.5 Å². The van der Waals surface area contributed by atoms with Crippen LogP contribution in [0.1, 0.15) is 15.9 Å². The molecule has 0 N–H and O–H groups in total. The molecule has 0 aliphatic heterocycles. The van der Waals surface area contributed by atoms with Gasteiger partial charge >= 0.3 is 0 Å². The van der Waals surface area contributed by atoms with Gasteiger partial charge in [-0.2, -0.15) is 5.10 Å². The van der Waals surface area contributed by atoms with Crippen molar-refractivity contribution in [3.05, 3.63) is 96.4 Å². The van der Waals surface area contributed by atoms with Crippen LogP contribution in [0.15, 0.2) is 85.3 Å². The number of hydrogen-bond donors (Lipinski definition) is 0. The zero-order chi connectivity index (χ0) is 20.2. The third-order valence-electron chi connectivity index (χ3n) is 4.76. The molecule has 2 aromatic heterocycles. The second-order valence-electron chi connectivity index (χ2n) is 7.11. The maximum absolute atomic E-state index is 12.1. The predicted molar refractivity (Wildman–Crippen MR) is 114 cm³/mol. The SMILES string of the molecule is CN(C)C(=O)c1ccc(-c2cccc(-c3ccn(Cc4ccncc4)n3)c2)cc1. The van der Waals surface area contributed by atoms with E-state index >= 15 is 0 Å². The predicted octanol–water partition coefficient (Wildman–Crippen LogP) is 4.36. The molecule has 5 nitrogen and oxygen atoms in total. The summed E-state index contributed by atoms with van der Waals surface area (Å²) in [6.45, 7) is 0.712. The number of aromatic nitrogens is 3. The minimum Gasteiger partial charge on any atom is -0.345 e. The minimum atomic E-state index is 0.00466. The molecule has 4 aromatic rings. The molecule has 0 aliphatic rings. The van der Waals surface area contributed by atoms with E-state index in [2.05, 4.69) is 23.2 Å². The number of pyridine rings is 1. The Morgan fingerprint density at radius 1 is 0.897 bits per heavy atom. The van der Waals surface area contributed by atoms with Gasteiger partial charge in [-0.15, -0.1) is 0 Å². The Morgan fingerprint density at radius 3 is 2.34 bits per heavy atom. The lowest BCUT2D eigenvalue weighted by atomic mass is 10.0. The van der Waals surface area contributed by atoms with Gasteiger partial charge in [0.1, 0.15) is 0 Å². The van der Waals surface area contributed by atoms with Crippen LogP contribution in [0.4, 0.5) is 0 Å². The summed E-state index contributed by atoms with van der Waals surface area (Å²) < 4.78 is 1.93. The molecule has 0 aliphatic carbocycles. The smallest absolute Gasteiger partial charge is 0.253 e. The van der Waals surface area contributed by atoms with E-state index in [0.29, 0.717) is 12.1 Å². The topological polar surface area (TPSA) is 51.0 Å². The van der Waals surface area contributed by atoms with E-state index in [1.165, 1.54) is 0 Å². The van der Waals surface area contributed by atoms with Crippen molar-refractivity contribution in [3.63, 3.8) is 0 Å². The summed E-state index contributed by atoms with van der Waals surface area (Å²) in [5.74, 6) is 0.00466. The van der Waals surface area contributed by atoms with Gasteiger partial charge in [-0.25, -0.2) is 0 Å². The van der Waals surface area contributed by atoms with Crippen LogP contribution in [0.5, 0.6) is 0 Å². The average molecular weight is 382 g/mol. The number of carbonyl (C=O) groups excluding carboxylic acids is 1. The molecule has 144 valence electrons. The highest BCUT2D eigenvalue weighted by molar-refractivity contribution is 5.94. The third-order valence-corrected chi connectivity index (χ3v) is 4.76. The molecule has 0 bridgehead atoms. The van der Waals surface area contributed by atoms with Crippen LogP contribution in [-0.2, 0) is 6.54 Å². The second-order valence-corrected chi connectivity index (χ2v) is 7.11. The lowest BCUT2D eigenvalue weighted by Crippen LogP contribution is -2.21. The average Bonchev–Trinajstić information content (AvgIpc) is 3.22. The molecule has 0 atom stereocenters. The van der Waals surface area contributed by atoms with Gasteiger partial charge in [0.25, 0.3) is 5.91 Å². The zero-order valence-electron chi connectivity index (χ0n) is 16.5. The number of amides is 1. The Hall–Kier alpha value is -3.73. The van der Waals surface area contributed by atoms with Gasteiger partial charge in [0.05, 0.1) is 12.2 Å². The number of nitrogens with zero attached hydrogens (tertiary/aromatic N) is 4. The van der Waals surface area contributed by atoms with Crippen LogP contribution in [-0.4, -0.2) is 39.7 Å². The maximum atomic E-state index is 12.1. The Morgan fingerprint density at radius 2 is 1.62 bits per heavy atom. The van der Waals surface area contributed by atoms with Crippen molar-refractivity contribution < 1.29 is 4.79 Å². The molecule has 1 amide bonds. The van der Waals surface area contributed by atoms with E-state index in [9.17, 15) is 4.79 Å². The van der Waals surface area contributed by atoms with Gasteiger partial charge in [-0.1, -0.05) is 30.3 Å². The van der Waals surface area contributed by atoms with Crippen molar-refractivity contribution in [3.8, 4) is 22.4 Å². The quantitative estimate of drug-likeness (QED) is 0.515. The van der Waals surface area contributed by atoms with Gasteiger partial charge in [-0.05, 0) is 53.1 Å². The number of rotatable bonds is 5. The van der Waals surface area contributed by atoms with Crippen LogP contribution >= 0.6 is 0 Å². The van der Waals surface area contributed by atoms with Crippen LogP contribution < -0.4 is 0 Å². The molecule has 4 rings (SSSR count). The molecular weight excluding hydrogens is 360 g/mol. The van der Waals surface area contributed by atoms with Gasteiger partial charge in [0.2, 0.25) is 0 Å². The van der Waals surface area contributed by atoms with Crippen molar-refractivity contribution in [1.82, 2.24) is 19.7 Å². The monoisotopic (exact) mass is 382 g/mol. The summed E-state index contributed by atoms with van der Waals surface area (Å²) in [5, 5.41) is 4.71. The van der Waals surface area contributed by atoms with E-state index in [-0.39, 0.29) is 5.91 Å². The van der Waals surface area contributed by atoms with E-state index in [0.717, 1.165) is 27.9 Å². The van der Waals surface area contributed by atoms with Crippen molar-refractivity contribution in [2.45, 2.75) is 6.54 Å². The molecular formula is C24H22N4O. The molecule has 2 heterocycles. The van der Waals surface area contributed by atoms with Crippen LogP contribution in [0.2, 0.25) is 0 Å².